The van der Waals surface area contributed by atoms with Crippen molar-refractivity contribution in [3.63, 3.8) is 0 Å². The maximum atomic E-state index is 12.0. The maximum Gasteiger partial charge on any atom is 0.222 e. The van der Waals surface area contributed by atoms with Crippen molar-refractivity contribution in [2.75, 3.05) is 26.2 Å². The third-order valence-corrected chi connectivity index (χ3v) is 4.46. The number of rotatable bonds is 7. The number of nitrogens with one attached hydrogen (secondary N) is 2. The number of carbonyl (C=O) groups excluding carboxylic acids is 1. The van der Waals surface area contributed by atoms with Crippen molar-refractivity contribution in [1.82, 2.24) is 15.5 Å². The van der Waals surface area contributed by atoms with Crippen LogP contribution in [0.4, 0.5) is 0 Å². The summed E-state index contributed by atoms with van der Waals surface area (Å²) in [5, 5.41) is 6.62. The second-order valence-electron chi connectivity index (χ2n) is 6.61. The molecule has 1 saturated heterocycles. The van der Waals surface area contributed by atoms with Crippen LogP contribution in [0.1, 0.15) is 56.1 Å². The van der Waals surface area contributed by atoms with E-state index in [1.807, 2.05) is 24.8 Å². The number of aliphatic imine (C=N–C) groups is 1. The maximum absolute atomic E-state index is 12.0. The Labute approximate surface area is 151 Å². The minimum absolute atomic E-state index is 0.309. The van der Waals surface area contributed by atoms with E-state index >= 15 is 0 Å². The molecular formula is C19H32N4O2. The molecule has 1 fully saturated rings. The molecule has 0 spiro atoms. The molecule has 2 rings (SSSR count). The van der Waals surface area contributed by atoms with E-state index in [1.54, 1.807) is 0 Å². The standard InChI is InChI=1S/C19H32N4O2/c1-4-20-19(22-14-17-13-15(2)25-16(17)3)21-10-8-12-23-11-7-5-6-9-18(23)24/h13H,4-12,14H2,1-3H3,(H2,20,21,22). The Morgan fingerprint density at radius 1 is 1.28 bits per heavy atom. The Morgan fingerprint density at radius 2 is 2.12 bits per heavy atom. The van der Waals surface area contributed by atoms with E-state index in [-0.39, 0.29) is 0 Å². The van der Waals surface area contributed by atoms with E-state index in [0.717, 1.165) is 68.5 Å². The Kier molecular flexibility index (Phi) is 7.82. The van der Waals surface area contributed by atoms with Gasteiger partial charge in [0.05, 0.1) is 6.54 Å². The van der Waals surface area contributed by atoms with Crippen LogP contribution in [0.5, 0.6) is 0 Å². The Balaban J connectivity index is 1.77. The molecular weight excluding hydrogens is 316 g/mol. The summed E-state index contributed by atoms with van der Waals surface area (Å²) >= 11 is 0. The number of furan rings is 1. The number of hydrogen-bond acceptors (Lipinski definition) is 3. The van der Waals surface area contributed by atoms with E-state index in [9.17, 15) is 4.79 Å². The molecule has 1 aliphatic rings. The van der Waals surface area contributed by atoms with Gasteiger partial charge in [-0.25, -0.2) is 4.99 Å². The topological polar surface area (TPSA) is 69.9 Å². The molecule has 2 heterocycles. The minimum Gasteiger partial charge on any atom is -0.466 e. The van der Waals surface area contributed by atoms with Crippen LogP contribution >= 0.6 is 0 Å². The lowest BCUT2D eigenvalue weighted by atomic mass is 10.2. The fraction of sp³-hybridized carbons (Fsp3) is 0.684. The van der Waals surface area contributed by atoms with Crippen LogP contribution in [-0.2, 0) is 11.3 Å². The zero-order valence-corrected chi connectivity index (χ0v) is 15.9. The zero-order valence-electron chi connectivity index (χ0n) is 15.9. The quantitative estimate of drug-likeness (QED) is 0.452. The van der Waals surface area contributed by atoms with Crippen molar-refractivity contribution in [2.45, 2.75) is 59.4 Å². The third kappa shape index (κ3) is 6.44. The van der Waals surface area contributed by atoms with Gasteiger partial charge in [0.2, 0.25) is 5.91 Å². The van der Waals surface area contributed by atoms with Crippen molar-refractivity contribution >= 4 is 11.9 Å². The second kappa shape index (κ2) is 10.1. The van der Waals surface area contributed by atoms with Crippen molar-refractivity contribution in [2.24, 2.45) is 4.99 Å². The first-order valence-electron chi connectivity index (χ1n) is 9.46. The van der Waals surface area contributed by atoms with Gasteiger partial charge < -0.3 is 20.0 Å². The van der Waals surface area contributed by atoms with E-state index in [0.29, 0.717) is 18.9 Å². The highest BCUT2D eigenvalue weighted by Gasteiger charge is 2.15. The predicted octanol–water partition coefficient (Wildman–Crippen LogP) is 2.74. The smallest absolute Gasteiger partial charge is 0.222 e. The highest BCUT2D eigenvalue weighted by Crippen LogP contribution is 2.14. The van der Waals surface area contributed by atoms with E-state index in [1.165, 1.54) is 6.42 Å². The molecule has 0 aliphatic carbocycles. The van der Waals surface area contributed by atoms with Gasteiger partial charge in [-0.3, -0.25) is 4.79 Å². The molecule has 6 heteroatoms. The second-order valence-corrected chi connectivity index (χ2v) is 6.61. The van der Waals surface area contributed by atoms with Crippen LogP contribution in [0.2, 0.25) is 0 Å². The summed E-state index contributed by atoms with van der Waals surface area (Å²) in [5.74, 6) is 2.96. The van der Waals surface area contributed by atoms with Gasteiger partial charge in [0.25, 0.3) is 0 Å². The fourth-order valence-corrected chi connectivity index (χ4v) is 3.10. The summed E-state index contributed by atoms with van der Waals surface area (Å²) in [6.45, 7) is 9.93. The van der Waals surface area contributed by atoms with E-state index < -0.39 is 0 Å². The molecule has 0 saturated carbocycles. The molecule has 0 bridgehead atoms. The summed E-state index contributed by atoms with van der Waals surface area (Å²) in [4.78, 5) is 18.6. The van der Waals surface area contributed by atoms with Crippen molar-refractivity contribution < 1.29 is 9.21 Å². The normalized spacial score (nSPS) is 16.0. The number of guanidine groups is 1. The summed E-state index contributed by atoms with van der Waals surface area (Å²) < 4.78 is 5.55. The van der Waals surface area contributed by atoms with Crippen molar-refractivity contribution in [3.05, 3.63) is 23.2 Å². The number of hydrogen-bond donors (Lipinski definition) is 2. The molecule has 2 N–H and O–H groups in total. The molecule has 0 aromatic carbocycles. The van der Waals surface area contributed by atoms with Crippen LogP contribution in [0.25, 0.3) is 0 Å². The van der Waals surface area contributed by atoms with Gasteiger partial charge in [-0.2, -0.15) is 0 Å². The molecule has 0 unspecified atom stereocenters. The molecule has 1 aliphatic heterocycles. The predicted molar refractivity (Wildman–Crippen MR) is 101 cm³/mol. The molecule has 1 aromatic rings. The molecule has 0 radical (unpaired) electrons. The Bertz CT molecular complexity index is 580. The van der Waals surface area contributed by atoms with Gasteiger partial charge in [0.1, 0.15) is 11.5 Å². The number of likely N-dealkylation sites (tertiary alicyclic amines) is 1. The lowest BCUT2D eigenvalue weighted by Gasteiger charge is -2.20. The first-order valence-corrected chi connectivity index (χ1v) is 9.46. The summed E-state index contributed by atoms with van der Waals surface area (Å²) in [7, 11) is 0. The fourth-order valence-electron chi connectivity index (χ4n) is 3.10. The van der Waals surface area contributed by atoms with Crippen molar-refractivity contribution in [1.29, 1.82) is 0 Å². The van der Waals surface area contributed by atoms with E-state index in [4.69, 9.17) is 4.42 Å². The average molecular weight is 348 g/mol. The van der Waals surface area contributed by atoms with Crippen LogP contribution in [-0.4, -0.2) is 42.9 Å². The first-order chi connectivity index (χ1) is 12.1. The Hall–Kier alpha value is -1.98. The molecule has 0 atom stereocenters. The Morgan fingerprint density at radius 3 is 2.84 bits per heavy atom. The van der Waals surface area contributed by atoms with E-state index in [2.05, 4.69) is 22.5 Å². The van der Waals surface area contributed by atoms with Crippen molar-refractivity contribution in [3.8, 4) is 0 Å². The van der Waals surface area contributed by atoms with Gasteiger partial charge in [-0.15, -0.1) is 0 Å². The summed E-state index contributed by atoms with van der Waals surface area (Å²) in [5.41, 5.74) is 1.12. The molecule has 6 nitrogen and oxygen atoms in total. The molecule has 25 heavy (non-hydrogen) atoms. The molecule has 1 amide bonds. The minimum atomic E-state index is 0.309. The van der Waals surface area contributed by atoms with Gasteiger partial charge in [-0.05, 0) is 46.1 Å². The average Bonchev–Trinajstić information content (AvgIpc) is 2.77. The largest absolute Gasteiger partial charge is 0.466 e. The first kappa shape index (κ1) is 19.3. The van der Waals surface area contributed by atoms with Gasteiger partial charge >= 0.3 is 0 Å². The van der Waals surface area contributed by atoms with Crippen LogP contribution in [0.3, 0.4) is 0 Å². The lowest BCUT2D eigenvalue weighted by Crippen LogP contribution is -2.39. The highest BCUT2D eigenvalue weighted by atomic mass is 16.3. The van der Waals surface area contributed by atoms with Gasteiger partial charge in [0, 0.05) is 38.2 Å². The number of nitrogens with zero attached hydrogens (tertiary/aromatic N) is 2. The summed E-state index contributed by atoms with van der Waals surface area (Å²) in [6, 6.07) is 2.04. The van der Waals surface area contributed by atoms with Gasteiger partial charge in [0.15, 0.2) is 5.96 Å². The van der Waals surface area contributed by atoms with Crippen LogP contribution in [0.15, 0.2) is 15.5 Å². The number of aryl methyl sites for hydroxylation is 2. The van der Waals surface area contributed by atoms with Crippen LogP contribution < -0.4 is 10.6 Å². The number of amides is 1. The van der Waals surface area contributed by atoms with Crippen LogP contribution in [0, 0.1) is 13.8 Å². The number of carbonyl (C=O) groups is 1. The van der Waals surface area contributed by atoms with Gasteiger partial charge in [-0.1, -0.05) is 6.42 Å². The lowest BCUT2D eigenvalue weighted by molar-refractivity contribution is -0.130. The highest BCUT2D eigenvalue weighted by molar-refractivity contribution is 5.79. The third-order valence-electron chi connectivity index (χ3n) is 4.46. The monoisotopic (exact) mass is 348 g/mol. The SMILES string of the molecule is CCNC(=NCc1cc(C)oc1C)NCCCN1CCCCCC1=O. The molecule has 140 valence electrons. The zero-order chi connectivity index (χ0) is 18.1. The summed E-state index contributed by atoms with van der Waals surface area (Å²) in [6.07, 6.45) is 4.98. The molecule has 1 aromatic heterocycles.